The first kappa shape index (κ1) is 14.5. The van der Waals surface area contributed by atoms with Crippen LogP contribution in [0.1, 0.15) is 17.3 Å². The molecule has 1 amide bonds. The van der Waals surface area contributed by atoms with Crippen LogP contribution in [0.3, 0.4) is 0 Å². The maximum atomic E-state index is 12.9. The minimum atomic E-state index is -0.579. The van der Waals surface area contributed by atoms with Gasteiger partial charge in [-0.1, -0.05) is 0 Å². The number of aromatic hydroxyl groups is 1. The number of ketones is 1. The van der Waals surface area contributed by atoms with Gasteiger partial charge in [-0.05, 0) is 25.1 Å². The number of carbonyl (C=O) groups is 2. The van der Waals surface area contributed by atoms with Gasteiger partial charge in [0.25, 0.3) is 0 Å². The van der Waals surface area contributed by atoms with Gasteiger partial charge in [-0.2, -0.15) is 0 Å². The van der Waals surface area contributed by atoms with Crippen LogP contribution in [0.15, 0.2) is 18.2 Å². The predicted molar refractivity (Wildman–Crippen MR) is 68.4 cm³/mol. The molecule has 1 aromatic carbocycles. The minimum absolute atomic E-state index is 0.0220. The van der Waals surface area contributed by atoms with Crippen molar-refractivity contribution in [3.63, 3.8) is 0 Å². The number of phenols is 1. The van der Waals surface area contributed by atoms with E-state index in [-0.39, 0.29) is 28.7 Å². The molecule has 0 aliphatic carbocycles. The molecule has 0 bridgehead atoms. The van der Waals surface area contributed by atoms with Crippen LogP contribution >= 0.6 is 11.8 Å². The van der Waals surface area contributed by atoms with Crippen molar-refractivity contribution in [2.75, 3.05) is 18.1 Å². The number of nitrogens with one attached hydrogen (secondary N) is 1. The fraction of sp³-hybridized carbons (Fsp3) is 0.333. The van der Waals surface area contributed by atoms with Crippen LogP contribution < -0.4 is 5.32 Å². The van der Waals surface area contributed by atoms with Crippen LogP contribution in [0.4, 0.5) is 4.39 Å². The van der Waals surface area contributed by atoms with Crippen LogP contribution in [-0.4, -0.2) is 34.8 Å². The average Bonchev–Trinajstić information content (AvgIpc) is 2.32. The van der Waals surface area contributed by atoms with Crippen LogP contribution in [0.5, 0.6) is 5.75 Å². The Kier molecular flexibility index (Phi) is 5.64. The van der Waals surface area contributed by atoms with Gasteiger partial charge in [-0.15, -0.1) is 11.8 Å². The lowest BCUT2D eigenvalue weighted by Gasteiger charge is -2.04. The van der Waals surface area contributed by atoms with E-state index in [2.05, 4.69) is 5.32 Å². The SMILES string of the molecule is CCNC(=O)CSCC(=O)c1cc(F)ccc1O. The third-order valence-electron chi connectivity index (χ3n) is 2.10. The van der Waals surface area contributed by atoms with Crippen molar-refractivity contribution in [2.24, 2.45) is 0 Å². The Morgan fingerprint density at radius 3 is 2.78 bits per heavy atom. The van der Waals surface area contributed by atoms with Gasteiger partial charge in [-0.3, -0.25) is 9.59 Å². The first-order valence-electron chi connectivity index (χ1n) is 5.40. The lowest BCUT2D eigenvalue weighted by atomic mass is 10.1. The molecule has 0 aromatic heterocycles. The molecule has 0 heterocycles. The molecule has 0 aliphatic heterocycles. The summed E-state index contributed by atoms with van der Waals surface area (Å²) >= 11 is 1.12. The van der Waals surface area contributed by atoms with E-state index in [1.54, 1.807) is 6.92 Å². The highest BCUT2D eigenvalue weighted by Gasteiger charge is 2.13. The average molecular weight is 271 g/mol. The van der Waals surface area contributed by atoms with Gasteiger partial charge < -0.3 is 10.4 Å². The molecule has 0 fully saturated rings. The van der Waals surface area contributed by atoms with E-state index >= 15 is 0 Å². The largest absolute Gasteiger partial charge is 0.507 e. The number of hydrogen-bond donors (Lipinski definition) is 2. The van der Waals surface area contributed by atoms with Crippen molar-refractivity contribution in [1.82, 2.24) is 5.32 Å². The van der Waals surface area contributed by atoms with E-state index < -0.39 is 11.6 Å². The smallest absolute Gasteiger partial charge is 0.229 e. The molecule has 1 rings (SSSR count). The van der Waals surface area contributed by atoms with Crippen LogP contribution in [0.2, 0.25) is 0 Å². The monoisotopic (exact) mass is 271 g/mol. The Balaban J connectivity index is 2.50. The fourth-order valence-corrected chi connectivity index (χ4v) is 2.02. The zero-order chi connectivity index (χ0) is 13.5. The van der Waals surface area contributed by atoms with Crippen molar-refractivity contribution < 1.29 is 19.1 Å². The lowest BCUT2D eigenvalue weighted by molar-refractivity contribution is -0.118. The normalized spacial score (nSPS) is 10.1. The lowest BCUT2D eigenvalue weighted by Crippen LogP contribution is -2.25. The van der Waals surface area contributed by atoms with E-state index in [1.165, 1.54) is 0 Å². The quantitative estimate of drug-likeness (QED) is 0.771. The number of carbonyl (C=O) groups excluding carboxylic acids is 2. The Hall–Kier alpha value is -1.56. The van der Waals surface area contributed by atoms with Crippen molar-refractivity contribution in [3.05, 3.63) is 29.6 Å². The highest BCUT2D eigenvalue weighted by molar-refractivity contribution is 8.00. The molecule has 0 unspecified atom stereocenters. The number of rotatable bonds is 6. The first-order chi connectivity index (χ1) is 8.54. The highest BCUT2D eigenvalue weighted by atomic mass is 32.2. The van der Waals surface area contributed by atoms with Gasteiger partial charge in [0.05, 0.1) is 17.1 Å². The van der Waals surface area contributed by atoms with E-state index in [9.17, 15) is 19.1 Å². The third kappa shape index (κ3) is 4.37. The molecule has 6 heteroatoms. The summed E-state index contributed by atoms with van der Waals surface area (Å²) in [7, 11) is 0. The fourth-order valence-electron chi connectivity index (χ4n) is 1.29. The zero-order valence-electron chi connectivity index (χ0n) is 9.90. The van der Waals surface area contributed by atoms with Crippen LogP contribution in [0.25, 0.3) is 0 Å². The summed E-state index contributed by atoms with van der Waals surface area (Å²) < 4.78 is 12.9. The van der Waals surface area contributed by atoms with Crippen molar-refractivity contribution in [2.45, 2.75) is 6.92 Å². The molecule has 0 aliphatic rings. The summed E-state index contributed by atoms with van der Waals surface area (Å²) in [4.78, 5) is 22.8. The minimum Gasteiger partial charge on any atom is -0.507 e. The number of phenolic OH excluding ortho intramolecular Hbond substituents is 1. The molecule has 98 valence electrons. The molecule has 0 spiro atoms. The van der Waals surface area contributed by atoms with E-state index in [4.69, 9.17) is 0 Å². The number of benzene rings is 1. The maximum Gasteiger partial charge on any atom is 0.229 e. The van der Waals surface area contributed by atoms with E-state index in [1.807, 2.05) is 0 Å². The summed E-state index contributed by atoms with van der Waals surface area (Å²) in [6.45, 7) is 2.34. The summed E-state index contributed by atoms with van der Waals surface area (Å²) in [5.41, 5.74) is -0.0570. The van der Waals surface area contributed by atoms with Crippen molar-refractivity contribution in [3.8, 4) is 5.75 Å². The second-order valence-electron chi connectivity index (χ2n) is 3.53. The number of hydrogen-bond acceptors (Lipinski definition) is 4. The van der Waals surface area contributed by atoms with Crippen LogP contribution in [-0.2, 0) is 4.79 Å². The maximum absolute atomic E-state index is 12.9. The van der Waals surface area contributed by atoms with Gasteiger partial charge >= 0.3 is 0 Å². The number of thioether (sulfide) groups is 1. The molecule has 2 N–H and O–H groups in total. The molecule has 0 radical (unpaired) electrons. The Bertz CT molecular complexity index is 451. The molecule has 0 atom stereocenters. The summed E-state index contributed by atoms with van der Waals surface area (Å²) in [5.74, 6) is -1.20. The van der Waals surface area contributed by atoms with Crippen molar-refractivity contribution in [1.29, 1.82) is 0 Å². The van der Waals surface area contributed by atoms with Gasteiger partial charge in [0, 0.05) is 6.54 Å². The molecule has 0 saturated heterocycles. The Morgan fingerprint density at radius 2 is 2.11 bits per heavy atom. The Morgan fingerprint density at radius 1 is 1.39 bits per heavy atom. The highest BCUT2D eigenvalue weighted by Crippen LogP contribution is 2.19. The molecular weight excluding hydrogens is 257 g/mol. The first-order valence-corrected chi connectivity index (χ1v) is 6.56. The van der Waals surface area contributed by atoms with Crippen LogP contribution in [0, 0.1) is 5.82 Å². The standard InChI is InChI=1S/C12H14FNO3S/c1-2-14-12(17)7-18-6-11(16)9-5-8(13)3-4-10(9)15/h3-5,15H,2,6-7H2,1H3,(H,14,17). The summed E-state index contributed by atoms with van der Waals surface area (Å²) in [5, 5.41) is 12.0. The second kappa shape index (κ2) is 7.00. The van der Waals surface area contributed by atoms with Crippen molar-refractivity contribution >= 4 is 23.5 Å². The van der Waals surface area contributed by atoms with Gasteiger partial charge in [0.1, 0.15) is 11.6 Å². The van der Waals surface area contributed by atoms with Gasteiger partial charge in [0.15, 0.2) is 5.78 Å². The topological polar surface area (TPSA) is 66.4 Å². The van der Waals surface area contributed by atoms with Gasteiger partial charge in [-0.25, -0.2) is 4.39 Å². The second-order valence-corrected chi connectivity index (χ2v) is 4.52. The van der Waals surface area contributed by atoms with Gasteiger partial charge in [0.2, 0.25) is 5.91 Å². The number of Topliss-reactive ketones (excluding diaryl/α,β-unsaturated/α-hetero) is 1. The summed E-state index contributed by atoms with van der Waals surface area (Å²) in [6.07, 6.45) is 0. The molecule has 4 nitrogen and oxygen atoms in total. The molecular formula is C12H14FNO3S. The number of halogens is 1. The van der Waals surface area contributed by atoms with E-state index in [0.717, 1.165) is 30.0 Å². The summed E-state index contributed by atoms with van der Waals surface area (Å²) in [6, 6.07) is 3.20. The van der Waals surface area contributed by atoms with E-state index in [0.29, 0.717) is 6.54 Å². The predicted octanol–water partition coefficient (Wildman–Crippen LogP) is 1.58. The zero-order valence-corrected chi connectivity index (χ0v) is 10.7. The molecule has 0 saturated carbocycles. The number of amides is 1. The Labute approximate surface area is 109 Å². The third-order valence-corrected chi connectivity index (χ3v) is 3.03. The molecule has 1 aromatic rings. The molecule has 18 heavy (non-hydrogen) atoms.